The number of aliphatic hydroxyl groups is 1. The zero-order valence-electron chi connectivity index (χ0n) is 10.6. The zero-order chi connectivity index (χ0) is 13.5. The number of likely N-dealkylation sites (N-methyl/N-ethyl adjacent to an activating group) is 1. The maximum Gasteiger partial charge on any atom is 0.240 e. The molecule has 1 unspecified atom stereocenters. The zero-order valence-corrected chi connectivity index (χ0v) is 10.6. The Morgan fingerprint density at radius 3 is 2.44 bits per heavy atom. The standard InChI is InChI=1S/C13H18N2O3/c1-10(17)15(2)8-13(18)14-12(9-16)11-6-4-3-5-7-11/h3-7,12,16H,8-9H2,1-2H3,(H,14,18). The first-order valence-corrected chi connectivity index (χ1v) is 5.71. The van der Waals surface area contributed by atoms with Crippen LogP contribution in [0, 0.1) is 0 Å². The average molecular weight is 250 g/mol. The van der Waals surface area contributed by atoms with E-state index in [0.29, 0.717) is 0 Å². The van der Waals surface area contributed by atoms with Crippen molar-refractivity contribution in [2.45, 2.75) is 13.0 Å². The summed E-state index contributed by atoms with van der Waals surface area (Å²) < 4.78 is 0. The molecule has 1 aromatic carbocycles. The number of amides is 2. The van der Waals surface area contributed by atoms with Crippen LogP contribution in [0.5, 0.6) is 0 Å². The Kier molecular flexibility index (Phi) is 5.32. The fourth-order valence-corrected chi connectivity index (χ4v) is 1.49. The first kappa shape index (κ1) is 14.2. The minimum atomic E-state index is -0.445. The monoisotopic (exact) mass is 250 g/mol. The lowest BCUT2D eigenvalue weighted by Gasteiger charge is -2.19. The number of carbonyl (C=O) groups is 2. The van der Waals surface area contributed by atoms with E-state index in [0.717, 1.165) is 5.56 Å². The molecule has 2 N–H and O–H groups in total. The van der Waals surface area contributed by atoms with Gasteiger partial charge in [-0.3, -0.25) is 9.59 Å². The lowest BCUT2D eigenvalue weighted by atomic mass is 10.1. The van der Waals surface area contributed by atoms with E-state index >= 15 is 0 Å². The van der Waals surface area contributed by atoms with Crippen molar-refractivity contribution in [3.8, 4) is 0 Å². The third-order valence-corrected chi connectivity index (χ3v) is 2.64. The van der Waals surface area contributed by atoms with Gasteiger partial charge in [-0.2, -0.15) is 0 Å². The highest BCUT2D eigenvalue weighted by atomic mass is 16.3. The van der Waals surface area contributed by atoms with E-state index < -0.39 is 6.04 Å². The van der Waals surface area contributed by atoms with Gasteiger partial charge in [-0.15, -0.1) is 0 Å². The van der Waals surface area contributed by atoms with Gasteiger partial charge in [0.1, 0.15) is 0 Å². The molecule has 0 aromatic heterocycles. The number of benzene rings is 1. The van der Waals surface area contributed by atoms with Crippen molar-refractivity contribution in [3.63, 3.8) is 0 Å². The SMILES string of the molecule is CC(=O)N(C)CC(=O)NC(CO)c1ccccc1. The number of hydrogen-bond acceptors (Lipinski definition) is 3. The van der Waals surface area contributed by atoms with Crippen molar-refractivity contribution in [2.75, 3.05) is 20.2 Å². The number of hydrogen-bond donors (Lipinski definition) is 2. The molecular formula is C13H18N2O3. The summed E-state index contributed by atoms with van der Waals surface area (Å²) in [6.45, 7) is 1.20. The topological polar surface area (TPSA) is 69.6 Å². The van der Waals surface area contributed by atoms with Crippen LogP contribution in [0.1, 0.15) is 18.5 Å². The Hall–Kier alpha value is -1.88. The van der Waals surface area contributed by atoms with Crippen molar-refractivity contribution < 1.29 is 14.7 Å². The number of nitrogens with one attached hydrogen (secondary N) is 1. The molecule has 18 heavy (non-hydrogen) atoms. The van der Waals surface area contributed by atoms with Crippen molar-refractivity contribution >= 4 is 11.8 Å². The maximum atomic E-state index is 11.7. The molecule has 5 heteroatoms. The molecule has 0 fully saturated rings. The normalized spacial score (nSPS) is 11.7. The van der Waals surface area contributed by atoms with E-state index in [1.807, 2.05) is 30.3 Å². The van der Waals surface area contributed by atoms with Crippen LogP contribution < -0.4 is 5.32 Å². The molecule has 0 radical (unpaired) electrons. The van der Waals surface area contributed by atoms with E-state index in [-0.39, 0.29) is 25.0 Å². The van der Waals surface area contributed by atoms with Gasteiger partial charge >= 0.3 is 0 Å². The molecule has 98 valence electrons. The summed E-state index contributed by atoms with van der Waals surface area (Å²) in [4.78, 5) is 24.0. The van der Waals surface area contributed by atoms with E-state index in [9.17, 15) is 14.7 Å². The van der Waals surface area contributed by atoms with Crippen LogP contribution >= 0.6 is 0 Å². The van der Waals surface area contributed by atoms with Gasteiger partial charge in [0.05, 0.1) is 19.2 Å². The van der Waals surface area contributed by atoms with E-state index in [4.69, 9.17) is 0 Å². The molecule has 1 rings (SSSR count). The highest BCUT2D eigenvalue weighted by Crippen LogP contribution is 2.11. The second kappa shape index (κ2) is 6.76. The minimum Gasteiger partial charge on any atom is -0.394 e. The van der Waals surface area contributed by atoms with E-state index in [2.05, 4.69) is 5.32 Å². The summed E-state index contributed by atoms with van der Waals surface area (Å²) in [5.41, 5.74) is 0.832. The minimum absolute atomic E-state index is 0.0152. The fraction of sp³-hybridized carbons (Fsp3) is 0.385. The van der Waals surface area contributed by atoms with Crippen LogP contribution in [-0.4, -0.2) is 42.0 Å². The first-order valence-electron chi connectivity index (χ1n) is 5.71. The Bertz CT molecular complexity index is 406. The van der Waals surface area contributed by atoms with Gasteiger partial charge in [0.15, 0.2) is 0 Å². The predicted octanol–water partition coefficient (Wildman–Crippen LogP) is 0.315. The summed E-state index contributed by atoms with van der Waals surface area (Å²) >= 11 is 0. The summed E-state index contributed by atoms with van der Waals surface area (Å²) in [7, 11) is 1.55. The van der Waals surface area contributed by atoms with Gasteiger partial charge in [-0.1, -0.05) is 30.3 Å². The summed E-state index contributed by atoms with van der Waals surface area (Å²) in [5, 5.41) is 12.0. The number of nitrogens with zero attached hydrogens (tertiary/aromatic N) is 1. The smallest absolute Gasteiger partial charge is 0.240 e. The summed E-state index contributed by atoms with van der Waals surface area (Å²) in [6.07, 6.45) is 0. The van der Waals surface area contributed by atoms with Crippen LogP contribution in [0.15, 0.2) is 30.3 Å². The maximum absolute atomic E-state index is 11.7. The fourth-order valence-electron chi connectivity index (χ4n) is 1.49. The number of aliphatic hydroxyl groups excluding tert-OH is 1. The lowest BCUT2D eigenvalue weighted by molar-refractivity contribution is -0.133. The third-order valence-electron chi connectivity index (χ3n) is 2.64. The molecule has 1 atom stereocenters. The van der Waals surface area contributed by atoms with Crippen molar-refractivity contribution in [1.82, 2.24) is 10.2 Å². The molecule has 1 aromatic rings. The quantitative estimate of drug-likeness (QED) is 0.790. The van der Waals surface area contributed by atoms with Gasteiger partial charge in [0, 0.05) is 14.0 Å². The van der Waals surface area contributed by atoms with E-state index in [1.165, 1.54) is 11.8 Å². The van der Waals surface area contributed by atoms with Crippen LogP contribution in [0.25, 0.3) is 0 Å². The third kappa shape index (κ3) is 4.18. The highest BCUT2D eigenvalue weighted by Gasteiger charge is 2.15. The van der Waals surface area contributed by atoms with Crippen molar-refractivity contribution in [2.24, 2.45) is 0 Å². The van der Waals surface area contributed by atoms with Crippen LogP contribution in [0.4, 0.5) is 0 Å². The molecule has 0 spiro atoms. The average Bonchev–Trinajstić information content (AvgIpc) is 2.36. The Balaban J connectivity index is 2.59. The number of rotatable bonds is 5. The molecule has 0 bridgehead atoms. The van der Waals surface area contributed by atoms with Gasteiger partial charge in [0.2, 0.25) is 11.8 Å². The van der Waals surface area contributed by atoms with Crippen molar-refractivity contribution in [3.05, 3.63) is 35.9 Å². The summed E-state index contributed by atoms with van der Waals surface area (Å²) in [6, 6.07) is 8.76. The summed E-state index contributed by atoms with van der Waals surface area (Å²) in [5.74, 6) is -0.471. The largest absolute Gasteiger partial charge is 0.394 e. The highest BCUT2D eigenvalue weighted by molar-refractivity contribution is 5.83. The van der Waals surface area contributed by atoms with E-state index in [1.54, 1.807) is 7.05 Å². The molecule has 5 nitrogen and oxygen atoms in total. The van der Waals surface area contributed by atoms with Crippen LogP contribution in [0.3, 0.4) is 0 Å². The molecule has 0 aliphatic carbocycles. The second-order valence-corrected chi connectivity index (χ2v) is 4.09. The second-order valence-electron chi connectivity index (χ2n) is 4.09. The van der Waals surface area contributed by atoms with Gasteiger partial charge in [-0.25, -0.2) is 0 Å². The van der Waals surface area contributed by atoms with Crippen LogP contribution in [0.2, 0.25) is 0 Å². The Morgan fingerprint density at radius 2 is 1.94 bits per heavy atom. The van der Waals surface area contributed by atoms with Gasteiger partial charge in [-0.05, 0) is 5.56 Å². The molecule has 0 aliphatic rings. The molecule has 0 saturated carbocycles. The van der Waals surface area contributed by atoms with Gasteiger partial charge < -0.3 is 15.3 Å². The Morgan fingerprint density at radius 1 is 1.33 bits per heavy atom. The van der Waals surface area contributed by atoms with Crippen molar-refractivity contribution in [1.29, 1.82) is 0 Å². The van der Waals surface area contributed by atoms with Gasteiger partial charge in [0.25, 0.3) is 0 Å². The number of carbonyl (C=O) groups excluding carboxylic acids is 2. The lowest BCUT2D eigenvalue weighted by Crippen LogP contribution is -2.39. The predicted molar refractivity (Wildman–Crippen MR) is 67.7 cm³/mol. The molecule has 0 heterocycles. The molecular weight excluding hydrogens is 232 g/mol. The first-order chi connectivity index (χ1) is 8.54. The van der Waals surface area contributed by atoms with Crippen LogP contribution in [-0.2, 0) is 9.59 Å². The molecule has 0 saturated heterocycles. The molecule has 2 amide bonds. The Labute approximate surface area is 106 Å². The molecule has 0 aliphatic heterocycles.